The molecule has 0 saturated carbocycles. The van der Waals surface area contributed by atoms with Crippen LogP contribution < -0.4 is 0 Å². The molecule has 0 spiro atoms. The average Bonchev–Trinajstić information content (AvgIpc) is 2.82. The van der Waals surface area contributed by atoms with E-state index in [1.165, 1.54) is 0 Å². The number of benzene rings is 1. The Balaban J connectivity index is 2.24. The Labute approximate surface area is 236 Å². The topological polar surface area (TPSA) is 85.3 Å². The van der Waals surface area contributed by atoms with Gasteiger partial charge in [0.15, 0.2) is 27.8 Å². The first-order chi connectivity index (χ1) is 17.6. The first kappa shape index (κ1) is 32.9. The lowest BCUT2D eigenvalue weighted by atomic mass is 9.66. The summed E-state index contributed by atoms with van der Waals surface area (Å²) >= 11 is 0. The van der Waals surface area contributed by atoms with E-state index in [1.807, 2.05) is 30.3 Å². The second kappa shape index (κ2) is 13.4. The van der Waals surface area contributed by atoms with Crippen LogP contribution in [0.15, 0.2) is 30.3 Å². The number of ether oxygens (including phenoxy) is 1. The Hall–Kier alpha value is -1.31. The molecule has 0 aromatic heterocycles. The van der Waals surface area contributed by atoms with Crippen molar-refractivity contribution in [3.8, 4) is 0 Å². The van der Waals surface area contributed by atoms with E-state index >= 15 is 0 Å². The van der Waals surface area contributed by atoms with Crippen molar-refractivity contribution < 1.29 is 28.3 Å². The van der Waals surface area contributed by atoms with Gasteiger partial charge in [0.1, 0.15) is 12.9 Å². The molecular weight excluding hydrogens is 531 g/mol. The zero-order chi connectivity index (χ0) is 28.9. The number of carbonyl (C=O) groups excluding carboxylic acids is 2. The van der Waals surface area contributed by atoms with Gasteiger partial charge in [-0.3, -0.25) is 9.59 Å². The molecule has 7 nitrogen and oxygen atoms in total. The number of aliphatic hydroxyl groups excluding tert-OH is 1. The zero-order valence-corrected chi connectivity index (χ0v) is 29.1. The van der Waals surface area contributed by atoms with Gasteiger partial charge in [-0.1, -0.05) is 98.1 Å². The van der Waals surface area contributed by atoms with Gasteiger partial charge in [0.2, 0.25) is 5.91 Å². The molecule has 216 valence electrons. The van der Waals surface area contributed by atoms with Crippen LogP contribution in [0.4, 0.5) is 0 Å². The number of amides is 1. The third kappa shape index (κ3) is 7.45. The molecule has 1 aliphatic heterocycles. The third-order valence-electron chi connectivity index (χ3n) is 8.82. The molecule has 1 saturated heterocycles. The predicted molar refractivity (Wildman–Crippen MR) is 161 cm³/mol. The van der Waals surface area contributed by atoms with Crippen molar-refractivity contribution in [2.24, 2.45) is 17.3 Å². The van der Waals surface area contributed by atoms with Gasteiger partial charge in [0.05, 0.1) is 18.4 Å². The summed E-state index contributed by atoms with van der Waals surface area (Å²) in [6.45, 7) is 21.8. The predicted octanol–water partition coefficient (Wildman–Crippen LogP) is 3.99. The highest BCUT2D eigenvalue weighted by molar-refractivity contribution is 6.80. The molecule has 1 amide bonds. The van der Waals surface area contributed by atoms with Gasteiger partial charge >= 0.3 is 5.97 Å². The molecule has 0 aliphatic carbocycles. The number of carbonyl (C=O) groups is 2. The first-order valence-electron chi connectivity index (χ1n) is 14.0. The van der Waals surface area contributed by atoms with Gasteiger partial charge in [0, 0.05) is 11.5 Å². The van der Waals surface area contributed by atoms with Crippen LogP contribution in [0.3, 0.4) is 0 Å². The highest BCUT2D eigenvalue weighted by Gasteiger charge is 2.60. The summed E-state index contributed by atoms with van der Waals surface area (Å²) in [6.07, 6.45) is -0.957. The van der Waals surface area contributed by atoms with Gasteiger partial charge in [0.25, 0.3) is 0 Å². The summed E-state index contributed by atoms with van der Waals surface area (Å²) in [5.74, 6) is -0.564. The number of nitrogens with zero attached hydrogens (tertiary/aromatic N) is 1. The summed E-state index contributed by atoms with van der Waals surface area (Å²) in [6, 6.07) is 9.37. The van der Waals surface area contributed by atoms with Gasteiger partial charge in [-0.15, -0.1) is 0 Å². The van der Waals surface area contributed by atoms with Crippen LogP contribution in [0.5, 0.6) is 0 Å². The molecule has 0 radical (unpaired) electrons. The van der Waals surface area contributed by atoms with Crippen molar-refractivity contribution in [3.63, 3.8) is 0 Å². The Morgan fingerprint density at radius 2 is 1.63 bits per heavy atom. The summed E-state index contributed by atoms with van der Waals surface area (Å²) in [5, 5.41) is 11.0. The van der Waals surface area contributed by atoms with Crippen LogP contribution in [0.2, 0.25) is 31.2 Å². The normalized spacial score (nSPS) is 21.7. The number of rotatable bonds is 14. The number of hydrogen-bond acceptors (Lipinski definition) is 6. The Kier molecular flexibility index (Phi) is 11.6. The lowest BCUT2D eigenvalue weighted by molar-refractivity contribution is -0.168. The molecule has 10 heteroatoms. The SMILES string of the molecule is C[SiH2]OC(O[SiH2]C)C(C)(C)[C@H](C)[C@@H]1C(=O)N([Si](C)(C)C(C)(C)C)[C@@H]1CC(O)CC(=O)OCc1ccccc1. The number of hydrogen-bond donors (Lipinski definition) is 1. The highest BCUT2D eigenvalue weighted by atomic mass is 28.3. The van der Waals surface area contributed by atoms with Gasteiger partial charge in [-0.05, 0) is 22.9 Å². The Morgan fingerprint density at radius 3 is 2.13 bits per heavy atom. The average molecular weight is 582 g/mol. The van der Waals surface area contributed by atoms with Crippen LogP contribution in [0, 0.1) is 17.3 Å². The van der Waals surface area contributed by atoms with Crippen molar-refractivity contribution in [2.45, 2.75) is 111 Å². The minimum absolute atomic E-state index is 0.0237. The molecule has 1 N–H and O–H groups in total. The largest absolute Gasteiger partial charge is 0.461 e. The van der Waals surface area contributed by atoms with Crippen molar-refractivity contribution in [1.29, 1.82) is 0 Å². The van der Waals surface area contributed by atoms with E-state index in [0.717, 1.165) is 5.56 Å². The van der Waals surface area contributed by atoms with Crippen molar-refractivity contribution in [3.05, 3.63) is 35.9 Å². The molecular formula is C28H51NO6Si3. The van der Waals surface area contributed by atoms with Crippen molar-refractivity contribution in [1.82, 2.24) is 4.57 Å². The molecule has 1 fully saturated rings. The number of esters is 1. The third-order valence-corrected chi connectivity index (χ3v) is 15.5. The van der Waals surface area contributed by atoms with Crippen molar-refractivity contribution in [2.75, 3.05) is 0 Å². The summed E-state index contributed by atoms with van der Waals surface area (Å²) in [7, 11) is -3.60. The van der Waals surface area contributed by atoms with Crippen LogP contribution in [0.1, 0.15) is 59.9 Å². The molecule has 38 heavy (non-hydrogen) atoms. The fraction of sp³-hybridized carbons (Fsp3) is 0.714. The minimum Gasteiger partial charge on any atom is -0.461 e. The second-order valence-electron chi connectivity index (χ2n) is 12.7. The summed E-state index contributed by atoms with van der Waals surface area (Å²) < 4.78 is 19.8. The monoisotopic (exact) mass is 581 g/mol. The second-order valence-corrected chi connectivity index (χ2v) is 19.6. The van der Waals surface area contributed by atoms with Crippen LogP contribution in [-0.4, -0.2) is 67.7 Å². The van der Waals surface area contributed by atoms with E-state index in [4.69, 9.17) is 13.6 Å². The Morgan fingerprint density at radius 1 is 1.08 bits per heavy atom. The smallest absolute Gasteiger partial charge is 0.308 e. The van der Waals surface area contributed by atoms with E-state index in [0.29, 0.717) is 6.42 Å². The highest BCUT2D eigenvalue weighted by Crippen LogP contribution is 2.51. The first-order valence-corrected chi connectivity index (χ1v) is 21.0. The number of aliphatic hydroxyl groups is 1. The minimum atomic E-state index is -2.21. The molecule has 1 aliphatic rings. The summed E-state index contributed by atoms with van der Waals surface area (Å²) in [5.41, 5.74) is 0.536. The fourth-order valence-electron chi connectivity index (χ4n) is 5.23. The lowest BCUT2D eigenvalue weighted by Crippen LogP contribution is -2.75. The van der Waals surface area contributed by atoms with E-state index in [2.05, 4.69) is 72.3 Å². The van der Waals surface area contributed by atoms with Crippen LogP contribution >= 0.6 is 0 Å². The van der Waals surface area contributed by atoms with Gasteiger partial charge < -0.3 is 23.3 Å². The standard InChI is InChI=1S/C28H51NO6Si3/c1-19(28(5,6)26(34-36-7)35-37-8)24-22(29(25(24)32)38(9,10)27(2,3)4)16-21(30)17-23(31)33-18-20-14-12-11-13-15-20/h11-15,19,21-22,24,26,30H,16-18,36-37H2,1-10H3/t19-,21?,22-,24+/m1/s1. The van der Waals surface area contributed by atoms with Crippen LogP contribution in [-0.2, 0) is 29.8 Å². The molecule has 1 aromatic carbocycles. The molecule has 0 bridgehead atoms. The fourth-order valence-corrected chi connectivity index (χ4v) is 9.59. The Bertz CT molecular complexity index is 915. The maximum absolute atomic E-state index is 13.9. The summed E-state index contributed by atoms with van der Waals surface area (Å²) in [4.78, 5) is 26.4. The molecule has 1 heterocycles. The lowest BCUT2D eigenvalue weighted by Gasteiger charge is -2.61. The van der Waals surface area contributed by atoms with Gasteiger partial charge in [-0.25, -0.2) is 0 Å². The van der Waals surface area contributed by atoms with E-state index in [9.17, 15) is 14.7 Å². The molecule has 4 atom stereocenters. The zero-order valence-electron chi connectivity index (χ0n) is 25.2. The van der Waals surface area contributed by atoms with Crippen molar-refractivity contribution >= 4 is 39.6 Å². The molecule has 1 aromatic rings. The maximum Gasteiger partial charge on any atom is 0.308 e. The molecule has 1 unspecified atom stereocenters. The molecule has 2 rings (SSSR count). The van der Waals surface area contributed by atoms with Gasteiger partial charge in [-0.2, -0.15) is 0 Å². The number of β-lactam (4-membered cyclic amide) rings is 1. The van der Waals surface area contributed by atoms with E-state index in [1.54, 1.807) is 0 Å². The van der Waals surface area contributed by atoms with Crippen LogP contribution in [0.25, 0.3) is 0 Å². The quantitative estimate of drug-likeness (QED) is 0.155. The van der Waals surface area contributed by atoms with E-state index < -0.39 is 39.8 Å². The van der Waals surface area contributed by atoms with E-state index in [-0.39, 0.29) is 53.6 Å². The maximum atomic E-state index is 13.9.